The molecule has 0 N–H and O–H groups in total. The number of hydrogen-bond acceptors (Lipinski definition) is 2. The Hall–Kier alpha value is -1.14. The van der Waals surface area contributed by atoms with Crippen molar-refractivity contribution < 1.29 is 4.21 Å². The van der Waals surface area contributed by atoms with Crippen molar-refractivity contribution in [2.75, 3.05) is 0 Å². The molecule has 3 heteroatoms. The van der Waals surface area contributed by atoms with Crippen LogP contribution in [0.5, 0.6) is 0 Å². The maximum Gasteiger partial charge on any atom is 0.0634 e. The van der Waals surface area contributed by atoms with Crippen LogP contribution in [-0.2, 0) is 16.6 Å². The van der Waals surface area contributed by atoms with Crippen molar-refractivity contribution in [1.82, 2.24) is 0 Å². The highest BCUT2D eigenvalue weighted by atomic mass is 32.2. The zero-order valence-electron chi connectivity index (χ0n) is 9.77. The third-order valence-electron chi connectivity index (χ3n) is 2.71. The first-order chi connectivity index (χ1) is 7.69. The van der Waals surface area contributed by atoms with Crippen LogP contribution in [0.25, 0.3) is 0 Å². The number of rotatable bonds is 5. The second kappa shape index (κ2) is 6.44. The molecule has 0 saturated heterocycles. The van der Waals surface area contributed by atoms with Crippen LogP contribution in [0.2, 0.25) is 0 Å². The van der Waals surface area contributed by atoms with Crippen molar-refractivity contribution in [2.24, 2.45) is 0 Å². The lowest BCUT2D eigenvalue weighted by Crippen LogP contribution is -2.15. The molecule has 0 saturated carbocycles. The van der Waals surface area contributed by atoms with Crippen LogP contribution < -0.4 is 0 Å². The topological polar surface area (TPSA) is 40.9 Å². The molecule has 2 atom stereocenters. The van der Waals surface area contributed by atoms with Crippen LogP contribution in [0.4, 0.5) is 0 Å². The van der Waals surface area contributed by atoms with Crippen molar-refractivity contribution in [3.63, 3.8) is 0 Å². The van der Waals surface area contributed by atoms with Gasteiger partial charge in [0.25, 0.3) is 0 Å². The molecule has 0 aliphatic rings. The van der Waals surface area contributed by atoms with E-state index in [1.54, 1.807) is 0 Å². The highest BCUT2D eigenvalue weighted by Gasteiger charge is 2.15. The molecule has 0 spiro atoms. The minimum Gasteiger partial charge on any atom is -0.259 e. The van der Waals surface area contributed by atoms with E-state index in [9.17, 15) is 4.21 Å². The molecule has 0 fully saturated rings. The summed E-state index contributed by atoms with van der Waals surface area (Å²) in [4.78, 5) is 0. The highest BCUT2D eigenvalue weighted by molar-refractivity contribution is 7.84. The standard InChI is InChI=1S/C13H17NOS/c1-3-13(8-9-14)16(15)10-12-7-5-4-6-11(12)2/h4-7,13H,3,8,10H2,1-2H3. The molecule has 1 aromatic carbocycles. The Labute approximate surface area is 99.8 Å². The largest absolute Gasteiger partial charge is 0.259 e. The summed E-state index contributed by atoms with van der Waals surface area (Å²) in [6.45, 7) is 4.01. The van der Waals surface area contributed by atoms with Crippen LogP contribution in [0.3, 0.4) is 0 Å². The third-order valence-corrected chi connectivity index (χ3v) is 4.54. The first-order valence-electron chi connectivity index (χ1n) is 5.47. The van der Waals surface area contributed by atoms with Gasteiger partial charge < -0.3 is 0 Å². The first-order valence-corrected chi connectivity index (χ1v) is 6.85. The molecule has 0 bridgehead atoms. The molecule has 86 valence electrons. The lowest BCUT2D eigenvalue weighted by atomic mass is 10.1. The van der Waals surface area contributed by atoms with Gasteiger partial charge in [0.2, 0.25) is 0 Å². The summed E-state index contributed by atoms with van der Waals surface area (Å²) in [5.74, 6) is 0.562. The summed E-state index contributed by atoms with van der Waals surface area (Å²) in [6, 6.07) is 10.1. The normalized spacial score (nSPS) is 14.1. The molecule has 1 aromatic rings. The summed E-state index contributed by atoms with van der Waals surface area (Å²) in [5, 5.41) is 8.66. The smallest absolute Gasteiger partial charge is 0.0634 e. The molecule has 0 amide bonds. The SMILES string of the molecule is CCC(CC#N)S(=O)Cc1ccccc1C. The third kappa shape index (κ3) is 3.46. The maximum absolute atomic E-state index is 12.0. The molecule has 0 aliphatic carbocycles. The summed E-state index contributed by atoms with van der Waals surface area (Å²) in [5.41, 5.74) is 2.29. The molecule has 0 aliphatic heterocycles. The minimum atomic E-state index is -0.941. The minimum absolute atomic E-state index is 0.00426. The van der Waals surface area contributed by atoms with E-state index in [0.29, 0.717) is 12.2 Å². The maximum atomic E-state index is 12.0. The number of nitriles is 1. The Bertz CT molecular complexity index is 409. The van der Waals surface area contributed by atoms with Crippen molar-refractivity contribution in [3.8, 4) is 6.07 Å². The fourth-order valence-electron chi connectivity index (χ4n) is 1.57. The molecule has 0 heterocycles. The quantitative estimate of drug-likeness (QED) is 0.787. The van der Waals surface area contributed by atoms with Crippen molar-refractivity contribution in [3.05, 3.63) is 35.4 Å². The Morgan fingerprint density at radius 2 is 2.12 bits per heavy atom. The lowest BCUT2D eigenvalue weighted by molar-refractivity contribution is 0.664. The predicted octanol–water partition coefficient (Wildman–Crippen LogP) is 2.94. The molecule has 1 rings (SSSR count). The van der Waals surface area contributed by atoms with Gasteiger partial charge in [0.1, 0.15) is 0 Å². The molecule has 2 unspecified atom stereocenters. The number of benzene rings is 1. The fourth-order valence-corrected chi connectivity index (χ4v) is 3.07. The van der Waals surface area contributed by atoms with Gasteiger partial charge in [-0.2, -0.15) is 5.26 Å². The number of nitrogens with zero attached hydrogens (tertiary/aromatic N) is 1. The van der Waals surface area contributed by atoms with Crippen molar-refractivity contribution >= 4 is 10.8 Å². The van der Waals surface area contributed by atoms with E-state index in [0.717, 1.165) is 12.0 Å². The Morgan fingerprint density at radius 3 is 2.69 bits per heavy atom. The summed E-state index contributed by atoms with van der Waals surface area (Å²) in [6.07, 6.45) is 1.18. The molecule has 0 radical (unpaired) electrons. The second-order valence-electron chi connectivity index (χ2n) is 3.84. The van der Waals surface area contributed by atoms with E-state index < -0.39 is 10.8 Å². The number of aryl methyl sites for hydroxylation is 1. The summed E-state index contributed by atoms with van der Waals surface area (Å²) in [7, 11) is -0.941. The summed E-state index contributed by atoms with van der Waals surface area (Å²) < 4.78 is 12.0. The fraction of sp³-hybridized carbons (Fsp3) is 0.462. The molecule has 0 aromatic heterocycles. The lowest BCUT2D eigenvalue weighted by Gasteiger charge is -2.12. The van der Waals surface area contributed by atoms with Crippen LogP contribution >= 0.6 is 0 Å². The molecular formula is C13H17NOS. The van der Waals surface area contributed by atoms with E-state index in [4.69, 9.17) is 5.26 Å². The zero-order chi connectivity index (χ0) is 12.0. The van der Waals surface area contributed by atoms with Gasteiger partial charge in [-0.25, -0.2) is 0 Å². The highest BCUT2D eigenvalue weighted by Crippen LogP contribution is 2.15. The average molecular weight is 235 g/mol. The van der Waals surface area contributed by atoms with Gasteiger partial charge in [-0.05, 0) is 24.5 Å². The monoisotopic (exact) mass is 235 g/mol. The summed E-state index contributed by atoms with van der Waals surface area (Å²) >= 11 is 0. The Balaban J connectivity index is 2.71. The van der Waals surface area contributed by atoms with Crippen molar-refractivity contribution in [2.45, 2.75) is 37.7 Å². The van der Waals surface area contributed by atoms with E-state index in [-0.39, 0.29) is 5.25 Å². The molecule has 16 heavy (non-hydrogen) atoms. The van der Waals surface area contributed by atoms with Gasteiger partial charge in [-0.3, -0.25) is 4.21 Å². The average Bonchev–Trinajstić information content (AvgIpc) is 2.29. The number of hydrogen-bond donors (Lipinski definition) is 0. The molecule has 2 nitrogen and oxygen atoms in total. The van der Waals surface area contributed by atoms with Crippen LogP contribution in [0.1, 0.15) is 30.9 Å². The first kappa shape index (κ1) is 12.9. The van der Waals surface area contributed by atoms with Crippen LogP contribution in [0, 0.1) is 18.3 Å². The van der Waals surface area contributed by atoms with Crippen LogP contribution in [-0.4, -0.2) is 9.46 Å². The Morgan fingerprint density at radius 1 is 1.44 bits per heavy atom. The van der Waals surface area contributed by atoms with Crippen molar-refractivity contribution in [1.29, 1.82) is 5.26 Å². The van der Waals surface area contributed by atoms with E-state index in [1.807, 2.05) is 38.1 Å². The van der Waals surface area contributed by atoms with E-state index in [2.05, 4.69) is 6.07 Å². The van der Waals surface area contributed by atoms with Gasteiger partial charge >= 0.3 is 0 Å². The Kier molecular flexibility index (Phi) is 5.21. The van der Waals surface area contributed by atoms with E-state index in [1.165, 1.54) is 5.56 Å². The second-order valence-corrected chi connectivity index (χ2v) is 5.56. The van der Waals surface area contributed by atoms with Crippen LogP contribution in [0.15, 0.2) is 24.3 Å². The van der Waals surface area contributed by atoms with Gasteiger partial charge in [-0.1, -0.05) is 31.2 Å². The predicted molar refractivity (Wildman–Crippen MR) is 67.3 cm³/mol. The van der Waals surface area contributed by atoms with Gasteiger partial charge in [0.15, 0.2) is 0 Å². The van der Waals surface area contributed by atoms with Gasteiger partial charge in [0, 0.05) is 28.2 Å². The molecular weight excluding hydrogens is 218 g/mol. The van der Waals surface area contributed by atoms with Gasteiger partial charge in [-0.15, -0.1) is 0 Å². The zero-order valence-corrected chi connectivity index (χ0v) is 10.6. The van der Waals surface area contributed by atoms with Gasteiger partial charge in [0.05, 0.1) is 6.07 Å². The van der Waals surface area contributed by atoms with E-state index >= 15 is 0 Å².